The Kier molecular flexibility index (Phi) is 5.78. The molecule has 2 aromatic rings. The van der Waals surface area contributed by atoms with Gasteiger partial charge in [-0.3, -0.25) is 0 Å². The number of aryl methyl sites for hydroxylation is 2. The molecule has 0 saturated carbocycles. The molecule has 5 nitrogen and oxygen atoms in total. The third kappa shape index (κ3) is 4.58. The SMILES string of the molecule is COCCNCc1cccc(OCc2c(C)noc2C)c1. The zero-order valence-electron chi connectivity index (χ0n) is 12.8. The van der Waals surface area contributed by atoms with E-state index < -0.39 is 0 Å². The molecule has 0 saturated heterocycles. The third-order valence-corrected chi connectivity index (χ3v) is 3.27. The van der Waals surface area contributed by atoms with Crippen molar-refractivity contribution in [3.05, 3.63) is 46.8 Å². The fourth-order valence-corrected chi connectivity index (χ4v) is 2.02. The predicted molar refractivity (Wildman–Crippen MR) is 80.3 cm³/mol. The van der Waals surface area contributed by atoms with Gasteiger partial charge in [0.25, 0.3) is 0 Å². The summed E-state index contributed by atoms with van der Waals surface area (Å²) in [5.41, 5.74) is 3.07. The van der Waals surface area contributed by atoms with Crippen LogP contribution >= 0.6 is 0 Å². The van der Waals surface area contributed by atoms with Gasteiger partial charge >= 0.3 is 0 Å². The lowest BCUT2D eigenvalue weighted by Crippen LogP contribution is -2.18. The molecular weight excluding hydrogens is 268 g/mol. The fourth-order valence-electron chi connectivity index (χ4n) is 2.02. The van der Waals surface area contributed by atoms with Crippen molar-refractivity contribution in [2.45, 2.75) is 27.0 Å². The van der Waals surface area contributed by atoms with E-state index in [4.69, 9.17) is 14.0 Å². The zero-order valence-corrected chi connectivity index (χ0v) is 12.8. The van der Waals surface area contributed by atoms with E-state index in [0.29, 0.717) is 13.2 Å². The molecule has 1 aromatic carbocycles. The van der Waals surface area contributed by atoms with Crippen molar-refractivity contribution in [3.63, 3.8) is 0 Å². The van der Waals surface area contributed by atoms with Gasteiger partial charge in [-0.05, 0) is 31.5 Å². The van der Waals surface area contributed by atoms with E-state index in [9.17, 15) is 0 Å². The number of aromatic nitrogens is 1. The van der Waals surface area contributed by atoms with Gasteiger partial charge in [0, 0.05) is 20.2 Å². The summed E-state index contributed by atoms with van der Waals surface area (Å²) in [4.78, 5) is 0. The summed E-state index contributed by atoms with van der Waals surface area (Å²) in [6, 6.07) is 8.06. The highest BCUT2D eigenvalue weighted by atomic mass is 16.5. The van der Waals surface area contributed by atoms with Crippen LogP contribution in [0.1, 0.15) is 22.6 Å². The smallest absolute Gasteiger partial charge is 0.140 e. The second-order valence-electron chi connectivity index (χ2n) is 4.91. The van der Waals surface area contributed by atoms with E-state index in [1.54, 1.807) is 7.11 Å². The first-order chi connectivity index (χ1) is 10.2. The Labute approximate surface area is 125 Å². The molecule has 2 rings (SSSR count). The van der Waals surface area contributed by atoms with Crippen molar-refractivity contribution in [2.24, 2.45) is 0 Å². The molecule has 0 amide bonds. The van der Waals surface area contributed by atoms with Crippen molar-refractivity contribution < 1.29 is 14.0 Å². The van der Waals surface area contributed by atoms with E-state index in [-0.39, 0.29) is 0 Å². The molecule has 1 N–H and O–H groups in total. The quantitative estimate of drug-likeness (QED) is 0.757. The molecule has 0 aliphatic heterocycles. The predicted octanol–water partition coefficient (Wildman–Crippen LogP) is 2.61. The number of nitrogens with one attached hydrogen (secondary N) is 1. The molecular formula is C16H22N2O3. The number of nitrogens with zero attached hydrogens (tertiary/aromatic N) is 1. The van der Waals surface area contributed by atoms with E-state index in [1.807, 2.05) is 32.0 Å². The molecule has 0 radical (unpaired) electrons. The van der Waals surface area contributed by atoms with Gasteiger partial charge in [-0.25, -0.2) is 0 Å². The second kappa shape index (κ2) is 7.81. The molecule has 5 heteroatoms. The van der Waals surface area contributed by atoms with Gasteiger partial charge in [-0.15, -0.1) is 0 Å². The molecule has 0 atom stereocenters. The topological polar surface area (TPSA) is 56.5 Å². The van der Waals surface area contributed by atoms with E-state index >= 15 is 0 Å². The first-order valence-corrected chi connectivity index (χ1v) is 7.04. The molecule has 0 aliphatic rings. The maximum atomic E-state index is 5.83. The first kappa shape index (κ1) is 15.5. The van der Waals surface area contributed by atoms with Gasteiger partial charge in [-0.2, -0.15) is 0 Å². The van der Waals surface area contributed by atoms with Crippen LogP contribution in [0.15, 0.2) is 28.8 Å². The minimum Gasteiger partial charge on any atom is -0.489 e. The van der Waals surface area contributed by atoms with Gasteiger partial charge < -0.3 is 19.3 Å². The second-order valence-corrected chi connectivity index (χ2v) is 4.91. The molecule has 0 bridgehead atoms. The fraction of sp³-hybridized carbons (Fsp3) is 0.438. The van der Waals surface area contributed by atoms with Crippen molar-refractivity contribution in [3.8, 4) is 5.75 Å². The average molecular weight is 290 g/mol. The van der Waals surface area contributed by atoms with Crippen LogP contribution in [0.2, 0.25) is 0 Å². The summed E-state index contributed by atoms with van der Waals surface area (Å²) in [7, 11) is 1.70. The summed E-state index contributed by atoms with van der Waals surface area (Å²) in [6.45, 7) is 6.64. The van der Waals surface area contributed by atoms with Crippen molar-refractivity contribution in [1.29, 1.82) is 0 Å². The summed E-state index contributed by atoms with van der Waals surface area (Å²) < 4.78 is 16.0. The Balaban J connectivity index is 1.89. The van der Waals surface area contributed by atoms with Crippen LogP contribution in [-0.4, -0.2) is 25.4 Å². The lowest BCUT2D eigenvalue weighted by molar-refractivity contribution is 0.199. The van der Waals surface area contributed by atoms with Crippen LogP contribution < -0.4 is 10.1 Å². The monoisotopic (exact) mass is 290 g/mol. The summed E-state index contributed by atoms with van der Waals surface area (Å²) >= 11 is 0. The minimum atomic E-state index is 0.474. The zero-order chi connectivity index (χ0) is 15.1. The van der Waals surface area contributed by atoms with E-state index in [2.05, 4.69) is 16.5 Å². The maximum absolute atomic E-state index is 5.83. The van der Waals surface area contributed by atoms with Gasteiger partial charge in [0.05, 0.1) is 17.9 Å². The van der Waals surface area contributed by atoms with Gasteiger partial charge in [0.15, 0.2) is 0 Å². The number of hydrogen-bond donors (Lipinski definition) is 1. The maximum Gasteiger partial charge on any atom is 0.140 e. The van der Waals surface area contributed by atoms with Gasteiger partial charge in [-0.1, -0.05) is 17.3 Å². The van der Waals surface area contributed by atoms with E-state index in [1.165, 1.54) is 5.56 Å². The molecule has 21 heavy (non-hydrogen) atoms. The van der Waals surface area contributed by atoms with Gasteiger partial charge in [0.2, 0.25) is 0 Å². The van der Waals surface area contributed by atoms with Crippen LogP contribution in [0.5, 0.6) is 5.75 Å². The highest BCUT2D eigenvalue weighted by molar-refractivity contribution is 5.29. The van der Waals surface area contributed by atoms with Crippen molar-refractivity contribution in [2.75, 3.05) is 20.3 Å². The summed E-state index contributed by atoms with van der Waals surface area (Å²) in [6.07, 6.45) is 0. The summed E-state index contributed by atoms with van der Waals surface area (Å²) in [5.74, 6) is 1.66. The molecule has 114 valence electrons. The average Bonchev–Trinajstić information content (AvgIpc) is 2.81. The van der Waals surface area contributed by atoms with E-state index in [0.717, 1.165) is 35.9 Å². The number of hydrogen-bond acceptors (Lipinski definition) is 5. The Morgan fingerprint density at radius 3 is 2.86 bits per heavy atom. The summed E-state index contributed by atoms with van der Waals surface area (Å²) in [5, 5.41) is 7.24. The molecule has 0 aliphatic carbocycles. The van der Waals surface area contributed by atoms with Gasteiger partial charge in [0.1, 0.15) is 18.1 Å². The molecule has 0 fully saturated rings. The molecule has 0 spiro atoms. The Morgan fingerprint density at radius 1 is 1.29 bits per heavy atom. The van der Waals surface area contributed by atoms with Crippen molar-refractivity contribution in [1.82, 2.24) is 10.5 Å². The largest absolute Gasteiger partial charge is 0.489 e. The third-order valence-electron chi connectivity index (χ3n) is 3.27. The highest BCUT2D eigenvalue weighted by Gasteiger charge is 2.09. The Bertz CT molecular complexity index is 547. The van der Waals surface area contributed by atoms with Crippen LogP contribution in [0.4, 0.5) is 0 Å². The lowest BCUT2D eigenvalue weighted by atomic mass is 10.2. The number of methoxy groups -OCH3 is 1. The number of ether oxygens (including phenoxy) is 2. The lowest BCUT2D eigenvalue weighted by Gasteiger charge is -2.09. The van der Waals surface area contributed by atoms with Crippen LogP contribution in [-0.2, 0) is 17.9 Å². The minimum absolute atomic E-state index is 0.474. The first-order valence-electron chi connectivity index (χ1n) is 7.04. The molecule has 1 heterocycles. The number of rotatable bonds is 8. The van der Waals surface area contributed by atoms with Crippen molar-refractivity contribution >= 4 is 0 Å². The molecule has 1 aromatic heterocycles. The van der Waals surface area contributed by atoms with Crippen LogP contribution in [0.3, 0.4) is 0 Å². The number of benzene rings is 1. The molecule has 0 unspecified atom stereocenters. The van der Waals surface area contributed by atoms with Crippen LogP contribution in [0.25, 0.3) is 0 Å². The Morgan fingerprint density at radius 2 is 2.14 bits per heavy atom. The normalized spacial score (nSPS) is 10.8. The standard InChI is InChI=1S/C16H22N2O3/c1-12-16(13(2)21-18-12)11-20-15-6-4-5-14(9-15)10-17-7-8-19-3/h4-6,9,17H,7-8,10-11H2,1-3H3. The van der Waals surface area contributed by atoms with Crippen LogP contribution in [0, 0.1) is 13.8 Å². The highest BCUT2D eigenvalue weighted by Crippen LogP contribution is 2.18. The Hall–Kier alpha value is -1.85.